The van der Waals surface area contributed by atoms with Crippen LogP contribution in [0.4, 0.5) is 23.2 Å². The molecule has 10 nitrogen and oxygen atoms in total. The summed E-state index contributed by atoms with van der Waals surface area (Å²) in [5.41, 5.74) is -1.66. The summed E-state index contributed by atoms with van der Waals surface area (Å²) in [5, 5.41) is 6.24. The van der Waals surface area contributed by atoms with Crippen molar-refractivity contribution in [2.75, 3.05) is 25.5 Å². The summed E-state index contributed by atoms with van der Waals surface area (Å²) >= 11 is 0. The van der Waals surface area contributed by atoms with Crippen LogP contribution in [0, 0.1) is 5.82 Å². The maximum Gasteiger partial charge on any atom is 0.433 e. The Balaban J connectivity index is 1.40. The number of benzene rings is 1. The monoisotopic (exact) mass is 561 g/mol. The van der Waals surface area contributed by atoms with E-state index in [1.54, 1.807) is 13.8 Å². The van der Waals surface area contributed by atoms with Crippen LogP contribution >= 0.6 is 0 Å². The molecule has 0 aliphatic carbocycles. The number of anilines is 1. The van der Waals surface area contributed by atoms with Gasteiger partial charge in [0.05, 0.1) is 17.8 Å². The number of halogens is 4. The van der Waals surface area contributed by atoms with E-state index in [-0.39, 0.29) is 28.9 Å². The summed E-state index contributed by atoms with van der Waals surface area (Å²) in [4.78, 5) is 33.9. The molecule has 0 spiro atoms. The minimum Gasteiger partial charge on any atom is -0.452 e. The average molecular weight is 562 g/mol. The second-order valence-electron chi connectivity index (χ2n) is 10.0. The fourth-order valence-electron chi connectivity index (χ4n) is 5.00. The third-order valence-electron chi connectivity index (χ3n) is 6.75. The van der Waals surface area contributed by atoms with E-state index < -0.39 is 40.9 Å². The van der Waals surface area contributed by atoms with Crippen LogP contribution in [0.3, 0.4) is 0 Å². The summed E-state index contributed by atoms with van der Waals surface area (Å²) in [6.45, 7) is 4.74. The Morgan fingerprint density at radius 3 is 2.67 bits per heavy atom. The van der Waals surface area contributed by atoms with Gasteiger partial charge in [-0.2, -0.15) is 18.3 Å². The molecule has 212 valence electrons. The highest BCUT2D eigenvalue weighted by Crippen LogP contribution is 2.36. The van der Waals surface area contributed by atoms with E-state index in [1.165, 1.54) is 29.0 Å². The Labute approximate surface area is 225 Å². The number of likely N-dealkylation sites (tertiary alicyclic amines) is 1. The van der Waals surface area contributed by atoms with Crippen molar-refractivity contribution in [1.82, 2.24) is 29.2 Å². The zero-order chi connectivity index (χ0) is 28.8. The Morgan fingerprint density at radius 1 is 1.23 bits per heavy atom. The van der Waals surface area contributed by atoms with Gasteiger partial charge < -0.3 is 15.0 Å². The van der Waals surface area contributed by atoms with Gasteiger partial charge in [0.15, 0.2) is 28.7 Å². The lowest BCUT2D eigenvalue weighted by Crippen LogP contribution is -2.35. The molecule has 1 amide bonds. The smallest absolute Gasteiger partial charge is 0.433 e. The number of ether oxygens (including phenoxy) is 1. The molecule has 3 aromatic heterocycles. The van der Waals surface area contributed by atoms with Crippen molar-refractivity contribution in [3.05, 3.63) is 64.2 Å². The molecular weight excluding hydrogens is 534 g/mol. The topological polar surface area (TPSA) is 110 Å². The predicted octanol–water partition coefficient (Wildman–Crippen LogP) is 4.97. The highest BCUT2D eigenvalue weighted by atomic mass is 19.4. The largest absolute Gasteiger partial charge is 0.452 e. The molecule has 1 saturated heterocycles. The number of pyridine rings is 1. The lowest BCUT2D eigenvalue weighted by atomic mass is 10.1. The van der Waals surface area contributed by atoms with E-state index in [4.69, 9.17) is 4.74 Å². The second-order valence-corrected chi connectivity index (χ2v) is 10.0. The van der Waals surface area contributed by atoms with Gasteiger partial charge in [0.25, 0.3) is 5.91 Å². The number of imidazole rings is 1. The number of piperidine rings is 1. The first-order chi connectivity index (χ1) is 18.9. The number of aromatic nitrogens is 5. The number of hydrogen-bond acceptors (Lipinski definition) is 6. The van der Waals surface area contributed by atoms with E-state index in [2.05, 4.69) is 20.4 Å². The van der Waals surface area contributed by atoms with E-state index in [0.717, 1.165) is 23.5 Å². The van der Waals surface area contributed by atoms with Crippen LogP contribution < -0.4 is 15.7 Å². The quantitative estimate of drug-likeness (QED) is 0.322. The first-order valence-electron chi connectivity index (χ1n) is 12.6. The first kappa shape index (κ1) is 27.4. The number of alkyl halides is 3. The van der Waals surface area contributed by atoms with Crippen LogP contribution in [0.15, 0.2) is 41.5 Å². The zero-order valence-electron chi connectivity index (χ0n) is 21.9. The molecule has 14 heteroatoms. The standard InChI is InChI=1S/C26H27F4N7O3/c1-14(2)36-21-20(8-9-31-23(21)34-25(36)39)40-19-7-6-15(11-18(19)27)33-24(38)17-12-32-37(22(17)26(28,29)30)16-5-4-10-35(3)13-16/h6-9,11-12,14,16H,4-5,10,13H2,1-3H3,(H,33,38)(H,31,34,39). The Morgan fingerprint density at radius 2 is 2.00 bits per heavy atom. The summed E-state index contributed by atoms with van der Waals surface area (Å²) in [7, 11) is 1.82. The van der Waals surface area contributed by atoms with Gasteiger partial charge in [-0.05, 0) is 52.4 Å². The molecular formula is C26H27F4N7O3. The number of nitrogens with one attached hydrogen (secondary N) is 2. The Bertz CT molecular complexity index is 1620. The Hall–Kier alpha value is -4.20. The molecule has 5 rings (SSSR count). The van der Waals surface area contributed by atoms with Crippen molar-refractivity contribution in [1.29, 1.82) is 0 Å². The molecule has 0 bridgehead atoms. The van der Waals surface area contributed by atoms with Gasteiger partial charge in [0.2, 0.25) is 0 Å². The minimum absolute atomic E-state index is 0.0752. The molecule has 1 aromatic carbocycles. The first-order valence-corrected chi connectivity index (χ1v) is 12.6. The van der Waals surface area contributed by atoms with Crippen LogP contribution in [-0.4, -0.2) is 55.3 Å². The highest BCUT2D eigenvalue weighted by molar-refractivity contribution is 6.05. The van der Waals surface area contributed by atoms with Gasteiger partial charge in [-0.3, -0.25) is 19.0 Å². The molecule has 4 aromatic rings. The van der Waals surface area contributed by atoms with Crippen LogP contribution in [0.5, 0.6) is 11.5 Å². The van der Waals surface area contributed by atoms with Crippen molar-refractivity contribution < 1.29 is 27.1 Å². The molecule has 40 heavy (non-hydrogen) atoms. The molecule has 1 aliphatic heterocycles. The number of likely N-dealkylation sites (N-methyl/N-ethyl adjacent to an activating group) is 1. The van der Waals surface area contributed by atoms with Gasteiger partial charge >= 0.3 is 11.9 Å². The lowest BCUT2D eigenvalue weighted by Gasteiger charge is -2.31. The number of amides is 1. The van der Waals surface area contributed by atoms with Crippen LogP contribution in [0.2, 0.25) is 0 Å². The van der Waals surface area contributed by atoms with Gasteiger partial charge in [-0.25, -0.2) is 14.2 Å². The predicted molar refractivity (Wildman–Crippen MR) is 138 cm³/mol. The van der Waals surface area contributed by atoms with Crippen molar-refractivity contribution in [3.63, 3.8) is 0 Å². The number of rotatable bonds is 6. The van der Waals surface area contributed by atoms with E-state index in [1.807, 2.05) is 11.9 Å². The number of carbonyl (C=O) groups is 1. The van der Waals surface area contributed by atoms with Crippen LogP contribution in [0.1, 0.15) is 54.8 Å². The molecule has 1 fully saturated rings. The molecule has 1 unspecified atom stereocenters. The lowest BCUT2D eigenvalue weighted by molar-refractivity contribution is -0.145. The van der Waals surface area contributed by atoms with Gasteiger partial charge in [-0.1, -0.05) is 0 Å². The fraction of sp³-hybridized carbons (Fsp3) is 0.385. The van der Waals surface area contributed by atoms with Gasteiger partial charge in [-0.15, -0.1) is 0 Å². The molecule has 1 atom stereocenters. The third kappa shape index (κ3) is 5.18. The number of hydrogen-bond donors (Lipinski definition) is 2. The number of carbonyl (C=O) groups excluding carboxylic acids is 1. The molecule has 0 radical (unpaired) electrons. The highest BCUT2D eigenvalue weighted by Gasteiger charge is 2.42. The molecule has 2 N–H and O–H groups in total. The summed E-state index contributed by atoms with van der Waals surface area (Å²) in [5.74, 6) is -2.00. The normalized spacial score (nSPS) is 16.6. The number of nitrogens with zero attached hydrogens (tertiary/aromatic N) is 5. The number of aromatic amines is 1. The van der Waals surface area contributed by atoms with E-state index >= 15 is 4.39 Å². The van der Waals surface area contributed by atoms with Gasteiger partial charge in [0.1, 0.15) is 5.52 Å². The van der Waals surface area contributed by atoms with E-state index in [0.29, 0.717) is 24.9 Å². The van der Waals surface area contributed by atoms with Gasteiger partial charge in [0, 0.05) is 36.6 Å². The molecule has 4 heterocycles. The average Bonchev–Trinajstić information content (AvgIpc) is 3.47. The Kier molecular flexibility index (Phi) is 7.12. The van der Waals surface area contributed by atoms with Crippen molar-refractivity contribution >= 4 is 22.8 Å². The summed E-state index contributed by atoms with van der Waals surface area (Å²) in [6, 6.07) is 4.18. The number of fused-ring (bicyclic) bond motifs is 1. The van der Waals surface area contributed by atoms with Crippen molar-refractivity contribution in [2.45, 2.75) is 44.9 Å². The molecule has 0 saturated carbocycles. The second kappa shape index (κ2) is 10.4. The van der Waals surface area contributed by atoms with Crippen molar-refractivity contribution in [2.24, 2.45) is 0 Å². The van der Waals surface area contributed by atoms with Crippen LogP contribution in [-0.2, 0) is 6.18 Å². The fourth-order valence-corrected chi connectivity index (χ4v) is 5.00. The van der Waals surface area contributed by atoms with Crippen molar-refractivity contribution in [3.8, 4) is 11.5 Å². The van der Waals surface area contributed by atoms with E-state index in [9.17, 15) is 22.8 Å². The minimum atomic E-state index is -4.83. The SMILES string of the molecule is CC(C)n1c(=O)[nH]c2nccc(Oc3ccc(NC(=O)c4cnn(C5CCCN(C)C5)c4C(F)(F)F)cc3F)c21. The summed E-state index contributed by atoms with van der Waals surface area (Å²) in [6.07, 6.45) is -1.33. The summed E-state index contributed by atoms with van der Waals surface area (Å²) < 4.78 is 65.2. The van der Waals surface area contributed by atoms with Crippen LogP contribution in [0.25, 0.3) is 11.2 Å². The zero-order valence-corrected chi connectivity index (χ0v) is 21.9. The third-order valence-corrected chi connectivity index (χ3v) is 6.75. The molecule has 1 aliphatic rings. The number of H-pyrrole nitrogens is 1. The maximum absolute atomic E-state index is 15.0. The maximum atomic E-state index is 15.0.